The summed E-state index contributed by atoms with van der Waals surface area (Å²) in [7, 11) is 0. The summed E-state index contributed by atoms with van der Waals surface area (Å²) in [5.41, 5.74) is 0.966. The smallest absolute Gasteiger partial charge is 0.320 e. The lowest BCUT2D eigenvalue weighted by molar-refractivity contribution is -0.140. The van der Waals surface area contributed by atoms with Crippen molar-refractivity contribution in [1.29, 1.82) is 0 Å². The number of hydrogen-bond acceptors (Lipinski definition) is 3. The highest BCUT2D eigenvalue weighted by molar-refractivity contribution is 5.73. The fourth-order valence-corrected chi connectivity index (χ4v) is 1.14. The van der Waals surface area contributed by atoms with Gasteiger partial charge < -0.3 is 15.2 Å². The minimum absolute atomic E-state index is 0.0728. The first-order chi connectivity index (χ1) is 6.95. The molecule has 0 aliphatic rings. The van der Waals surface area contributed by atoms with Crippen molar-refractivity contribution in [1.82, 2.24) is 5.32 Å². The van der Waals surface area contributed by atoms with Crippen molar-refractivity contribution in [2.75, 3.05) is 19.8 Å². The van der Waals surface area contributed by atoms with Crippen molar-refractivity contribution in [2.45, 2.75) is 26.8 Å². The van der Waals surface area contributed by atoms with Gasteiger partial charge in [0.15, 0.2) is 0 Å². The molecule has 0 spiro atoms. The van der Waals surface area contributed by atoms with E-state index in [0.717, 1.165) is 5.57 Å². The van der Waals surface area contributed by atoms with E-state index in [1.165, 1.54) is 0 Å². The molecular weight excluding hydrogens is 194 g/mol. The van der Waals surface area contributed by atoms with Crippen LogP contribution in [0.15, 0.2) is 12.2 Å². The van der Waals surface area contributed by atoms with Crippen LogP contribution in [0.25, 0.3) is 0 Å². The van der Waals surface area contributed by atoms with E-state index in [2.05, 4.69) is 11.9 Å². The molecule has 0 amide bonds. The summed E-state index contributed by atoms with van der Waals surface area (Å²) >= 11 is 0. The van der Waals surface area contributed by atoms with Gasteiger partial charge in [-0.3, -0.25) is 4.79 Å². The molecule has 4 heteroatoms. The number of carboxylic acid groups (broad SMARTS) is 1. The van der Waals surface area contributed by atoms with Crippen LogP contribution in [0.5, 0.6) is 0 Å². The molecule has 88 valence electrons. The maximum Gasteiger partial charge on any atom is 0.320 e. The van der Waals surface area contributed by atoms with Crippen molar-refractivity contribution in [2.24, 2.45) is 5.92 Å². The summed E-state index contributed by atoms with van der Waals surface area (Å²) in [5.74, 6) is -0.742. The lowest BCUT2D eigenvalue weighted by Gasteiger charge is -2.17. The largest absolute Gasteiger partial charge is 0.480 e. The molecule has 0 saturated heterocycles. The molecule has 2 N–H and O–H groups in total. The van der Waals surface area contributed by atoms with E-state index in [1.54, 1.807) is 0 Å². The van der Waals surface area contributed by atoms with Gasteiger partial charge in [-0.05, 0) is 12.8 Å². The molecule has 0 aromatic heterocycles. The second-order valence-electron chi connectivity index (χ2n) is 4.02. The topological polar surface area (TPSA) is 58.6 Å². The summed E-state index contributed by atoms with van der Waals surface area (Å²) in [6, 6.07) is -0.501. The van der Waals surface area contributed by atoms with E-state index in [-0.39, 0.29) is 5.92 Å². The Hall–Kier alpha value is -0.870. The Morgan fingerprint density at radius 3 is 2.53 bits per heavy atom. The highest BCUT2D eigenvalue weighted by Crippen LogP contribution is 2.00. The number of nitrogens with one attached hydrogen (secondary N) is 1. The minimum atomic E-state index is -0.815. The molecular formula is C11H21NO3. The fraction of sp³-hybridized carbons (Fsp3) is 0.727. The average Bonchev–Trinajstić information content (AvgIpc) is 2.08. The number of carboxylic acids is 1. The van der Waals surface area contributed by atoms with Crippen molar-refractivity contribution in [3.63, 3.8) is 0 Å². The van der Waals surface area contributed by atoms with Crippen LogP contribution >= 0.6 is 0 Å². The Morgan fingerprint density at radius 2 is 2.13 bits per heavy atom. The van der Waals surface area contributed by atoms with E-state index in [4.69, 9.17) is 9.84 Å². The van der Waals surface area contributed by atoms with Crippen molar-refractivity contribution < 1.29 is 14.6 Å². The maximum atomic E-state index is 10.8. The molecule has 1 atom stereocenters. The Bertz CT molecular complexity index is 214. The molecule has 0 aliphatic heterocycles. The molecule has 0 aliphatic carbocycles. The molecule has 0 radical (unpaired) electrons. The molecule has 1 unspecified atom stereocenters. The van der Waals surface area contributed by atoms with E-state index in [1.807, 2.05) is 20.8 Å². The zero-order valence-corrected chi connectivity index (χ0v) is 9.75. The first-order valence-corrected chi connectivity index (χ1v) is 5.13. The Kier molecular flexibility index (Phi) is 6.99. The molecule has 0 bridgehead atoms. The lowest BCUT2D eigenvalue weighted by atomic mass is 10.1. The predicted octanol–water partition coefficient (Wildman–Crippen LogP) is 1.28. The van der Waals surface area contributed by atoms with Crippen LogP contribution in [0.1, 0.15) is 20.8 Å². The normalized spacial score (nSPS) is 12.8. The third kappa shape index (κ3) is 7.11. The summed E-state index contributed by atoms with van der Waals surface area (Å²) in [5, 5.41) is 11.8. The number of aliphatic carboxylic acids is 1. The van der Waals surface area contributed by atoms with Gasteiger partial charge in [-0.1, -0.05) is 26.0 Å². The zero-order valence-electron chi connectivity index (χ0n) is 9.75. The van der Waals surface area contributed by atoms with Gasteiger partial charge in [0.1, 0.15) is 6.04 Å². The summed E-state index contributed by atoms with van der Waals surface area (Å²) in [4.78, 5) is 10.8. The molecule has 15 heavy (non-hydrogen) atoms. The Morgan fingerprint density at radius 1 is 1.53 bits per heavy atom. The second kappa shape index (κ2) is 7.43. The SMILES string of the molecule is C=C(C)COCCNC(C(=O)O)C(C)C. The van der Waals surface area contributed by atoms with Gasteiger partial charge in [-0.15, -0.1) is 0 Å². The van der Waals surface area contributed by atoms with Crippen LogP contribution in [0, 0.1) is 5.92 Å². The van der Waals surface area contributed by atoms with Gasteiger partial charge >= 0.3 is 5.97 Å². The summed E-state index contributed by atoms with van der Waals surface area (Å²) in [6.07, 6.45) is 0. The third-order valence-electron chi connectivity index (χ3n) is 1.89. The summed E-state index contributed by atoms with van der Waals surface area (Å²) in [6.45, 7) is 10.9. The highest BCUT2D eigenvalue weighted by atomic mass is 16.5. The highest BCUT2D eigenvalue weighted by Gasteiger charge is 2.19. The van der Waals surface area contributed by atoms with Gasteiger partial charge in [0, 0.05) is 6.54 Å². The molecule has 0 saturated carbocycles. The van der Waals surface area contributed by atoms with Crippen LogP contribution in [-0.4, -0.2) is 36.9 Å². The summed E-state index contributed by atoms with van der Waals surface area (Å²) < 4.78 is 5.25. The third-order valence-corrected chi connectivity index (χ3v) is 1.89. The number of hydrogen-bond donors (Lipinski definition) is 2. The molecule has 0 rings (SSSR count). The van der Waals surface area contributed by atoms with Crippen LogP contribution in [0.2, 0.25) is 0 Å². The second-order valence-corrected chi connectivity index (χ2v) is 4.02. The van der Waals surface area contributed by atoms with Gasteiger partial charge in [0.05, 0.1) is 13.2 Å². The number of rotatable bonds is 8. The molecule has 0 aromatic carbocycles. The van der Waals surface area contributed by atoms with Crippen molar-refractivity contribution in [3.8, 4) is 0 Å². The minimum Gasteiger partial charge on any atom is -0.480 e. The standard InChI is InChI=1S/C11H21NO3/c1-8(2)7-15-6-5-12-10(9(3)4)11(13)14/h9-10,12H,1,5-7H2,2-4H3,(H,13,14). The first kappa shape index (κ1) is 14.1. The van der Waals surface area contributed by atoms with Crippen molar-refractivity contribution >= 4 is 5.97 Å². The van der Waals surface area contributed by atoms with Gasteiger partial charge in [-0.2, -0.15) is 0 Å². The number of ether oxygens (including phenoxy) is 1. The molecule has 0 fully saturated rings. The average molecular weight is 215 g/mol. The Labute approximate surface area is 91.3 Å². The fourth-order valence-electron chi connectivity index (χ4n) is 1.14. The Balaban J connectivity index is 3.63. The molecule has 0 aromatic rings. The zero-order chi connectivity index (χ0) is 11.8. The molecule has 4 nitrogen and oxygen atoms in total. The first-order valence-electron chi connectivity index (χ1n) is 5.13. The monoisotopic (exact) mass is 215 g/mol. The lowest BCUT2D eigenvalue weighted by Crippen LogP contribution is -2.42. The van der Waals surface area contributed by atoms with E-state index in [9.17, 15) is 4.79 Å². The van der Waals surface area contributed by atoms with Crippen LogP contribution in [0.4, 0.5) is 0 Å². The van der Waals surface area contributed by atoms with Gasteiger partial charge in [0.25, 0.3) is 0 Å². The van der Waals surface area contributed by atoms with Crippen LogP contribution in [-0.2, 0) is 9.53 Å². The van der Waals surface area contributed by atoms with Crippen LogP contribution in [0.3, 0.4) is 0 Å². The number of carbonyl (C=O) groups is 1. The van der Waals surface area contributed by atoms with E-state index in [0.29, 0.717) is 19.8 Å². The van der Waals surface area contributed by atoms with E-state index >= 15 is 0 Å². The van der Waals surface area contributed by atoms with Gasteiger partial charge in [0.2, 0.25) is 0 Å². The molecule has 0 heterocycles. The van der Waals surface area contributed by atoms with Crippen molar-refractivity contribution in [3.05, 3.63) is 12.2 Å². The maximum absolute atomic E-state index is 10.8. The quantitative estimate of drug-likeness (QED) is 0.473. The van der Waals surface area contributed by atoms with Gasteiger partial charge in [-0.25, -0.2) is 0 Å². The van der Waals surface area contributed by atoms with Crippen LogP contribution < -0.4 is 5.32 Å². The van der Waals surface area contributed by atoms with E-state index < -0.39 is 12.0 Å². The predicted molar refractivity (Wildman–Crippen MR) is 59.9 cm³/mol.